The molecule has 0 amide bonds. The van der Waals surface area contributed by atoms with E-state index in [-0.39, 0.29) is 0 Å². The fraction of sp³-hybridized carbons (Fsp3) is 0.471. The van der Waals surface area contributed by atoms with Crippen LogP contribution in [0.1, 0.15) is 40.4 Å². The lowest BCUT2D eigenvalue weighted by Crippen LogP contribution is -2.07. The topological polar surface area (TPSA) is 50.7 Å². The van der Waals surface area contributed by atoms with Crippen LogP contribution >= 0.6 is 22.7 Å². The fourth-order valence-electron chi connectivity index (χ4n) is 3.23. The van der Waals surface area contributed by atoms with Gasteiger partial charge in [-0.05, 0) is 38.2 Å². The summed E-state index contributed by atoms with van der Waals surface area (Å²) >= 11 is 3.57. The molecule has 3 heterocycles. The van der Waals surface area contributed by atoms with E-state index >= 15 is 0 Å². The third kappa shape index (κ3) is 3.10. The van der Waals surface area contributed by atoms with Crippen LogP contribution in [0.4, 0.5) is 5.82 Å². The number of aromatic nitrogens is 3. The molecule has 1 aliphatic carbocycles. The molecule has 0 bridgehead atoms. The summed E-state index contributed by atoms with van der Waals surface area (Å²) in [5.41, 5.74) is 2.66. The molecular formula is C17H20N4S2. The summed E-state index contributed by atoms with van der Waals surface area (Å²) in [6.07, 6.45) is 8.92. The third-order valence-electron chi connectivity index (χ3n) is 4.34. The van der Waals surface area contributed by atoms with Crippen LogP contribution in [0.2, 0.25) is 0 Å². The lowest BCUT2D eigenvalue weighted by atomic mass is 10.1. The SMILES string of the molecule is Cc1nc(CCNc2ncnc3sc4c(c23)CCCCC4)cs1. The molecule has 0 radical (unpaired) electrons. The summed E-state index contributed by atoms with van der Waals surface area (Å²) in [4.78, 5) is 16.2. The highest BCUT2D eigenvalue weighted by molar-refractivity contribution is 7.19. The van der Waals surface area contributed by atoms with E-state index in [4.69, 9.17) is 0 Å². The Morgan fingerprint density at radius 2 is 2.09 bits per heavy atom. The van der Waals surface area contributed by atoms with Gasteiger partial charge in [0.15, 0.2) is 0 Å². The Labute approximate surface area is 144 Å². The molecular weight excluding hydrogens is 324 g/mol. The first-order valence-corrected chi connectivity index (χ1v) is 9.91. The summed E-state index contributed by atoms with van der Waals surface area (Å²) < 4.78 is 0. The molecule has 3 aromatic heterocycles. The second kappa shape index (κ2) is 6.53. The van der Waals surface area contributed by atoms with Crippen LogP contribution in [0.25, 0.3) is 10.2 Å². The Hall–Kier alpha value is -1.53. The van der Waals surface area contributed by atoms with Crippen molar-refractivity contribution < 1.29 is 0 Å². The molecule has 0 saturated heterocycles. The van der Waals surface area contributed by atoms with Crippen molar-refractivity contribution in [3.63, 3.8) is 0 Å². The van der Waals surface area contributed by atoms with Crippen LogP contribution in [0.5, 0.6) is 0 Å². The molecule has 0 saturated carbocycles. The van der Waals surface area contributed by atoms with E-state index in [1.165, 1.54) is 47.9 Å². The Morgan fingerprint density at radius 3 is 2.96 bits per heavy atom. The van der Waals surface area contributed by atoms with E-state index < -0.39 is 0 Å². The average Bonchev–Trinajstić information content (AvgIpc) is 3.04. The predicted molar refractivity (Wildman–Crippen MR) is 97.7 cm³/mol. The van der Waals surface area contributed by atoms with E-state index in [9.17, 15) is 0 Å². The highest BCUT2D eigenvalue weighted by atomic mass is 32.1. The third-order valence-corrected chi connectivity index (χ3v) is 6.36. The predicted octanol–water partition coefficient (Wildman–Crippen LogP) is 4.38. The minimum Gasteiger partial charge on any atom is -0.369 e. The first-order chi connectivity index (χ1) is 11.3. The highest BCUT2D eigenvalue weighted by Gasteiger charge is 2.18. The van der Waals surface area contributed by atoms with E-state index in [1.807, 2.05) is 11.3 Å². The van der Waals surface area contributed by atoms with Crippen molar-refractivity contribution >= 4 is 38.7 Å². The molecule has 1 N–H and O–H groups in total. The Kier molecular flexibility index (Phi) is 4.27. The number of hydrogen-bond donors (Lipinski definition) is 1. The largest absolute Gasteiger partial charge is 0.369 e. The summed E-state index contributed by atoms with van der Waals surface area (Å²) in [6, 6.07) is 0. The lowest BCUT2D eigenvalue weighted by Gasteiger charge is -2.07. The Balaban J connectivity index is 1.58. The number of hydrogen-bond acceptors (Lipinski definition) is 6. The summed E-state index contributed by atoms with van der Waals surface area (Å²) in [6.45, 7) is 2.91. The highest BCUT2D eigenvalue weighted by Crippen LogP contribution is 2.37. The van der Waals surface area contributed by atoms with Gasteiger partial charge in [0.25, 0.3) is 0 Å². The van der Waals surface area contributed by atoms with Crippen LogP contribution in [0.15, 0.2) is 11.7 Å². The van der Waals surface area contributed by atoms with Crippen molar-refractivity contribution in [2.24, 2.45) is 0 Å². The van der Waals surface area contributed by atoms with Crippen LogP contribution < -0.4 is 5.32 Å². The quantitative estimate of drug-likeness (QED) is 0.714. The summed E-state index contributed by atoms with van der Waals surface area (Å²) in [5, 5.41) is 8.06. The molecule has 3 aromatic rings. The molecule has 0 atom stereocenters. The minimum atomic E-state index is 0.861. The van der Waals surface area contributed by atoms with Gasteiger partial charge < -0.3 is 5.32 Å². The second-order valence-corrected chi connectivity index (χ2v) is 8.15. The van der Waals surface area contributed by atoms with Crippen molar-refractivity contribution in [2.45, 2.75) is 45.4 Å². The number of thiazole rings is 1. The number of nitrogens with zero attached hydrogens (tertiary/aromatic N) is 3. The maximum Gasteiger partial charge on any atom is 0.138 e. The molecule has 0 aromatic carbocycles. The average molecular weight is 345 g/mol. The second-order valence-electron chi connectivity index (χ2n) is 6.00. The number of rotatable bonds is 4. The summed E-state index contributed by atoms with van der Waals surface area (Å²) in [5.74, 6) is 1.00. The number of nitrogens with one attached hydrogen (secondary N) is 1. The minimum absolute atomic E-state index is 0.861. The first-order valence-electron chi connectivity index (χ1n) is 8.21. The number of fused-ring (bicyclic) bond motifs is 3. The molecule has 0 unspecified atom stereocenters. The lowest BCUT2D eigenvalue weighted by molar-refractivity contribution is 0.713. The zero-order chi connectivity index (χ0) is 15.6. The zero-order valence-corrected chi connectivity index (χ0v) is 14.9. The van der Waals surface area contributed by atoms with Crippen LogP contribution in [-0.4, -0.2) is 21.5 Å². The molecule has 0 fully saturated rings. The Morgan fingerprint density at radius 1 is 1.17 bits per heavy atom. The van der Waals surface area contributed by atoms with Gasteiger partial charge in [0.2, 0.25) is 0 Å². The van der Waals surface area contributed by atoms with Crippen LogP contribution in [0, 0.1) is 6.92 Å². The van der Waals surface area contributed by atoms with Gasteiger partial charge in [-0.2, -0.15) is 0 Å². The Bertz CT molecular complexity index is 821. The molecule has 23 heavy (non-hydrogen) atoms. The van der Waals surface area contributed by atoms with E-state index in [1.54, 1.807) is 17.7 Å². The van der Waals surface area contributed by atoms with Gasteiger partial charge in [0, 0.05) is 23.2 Å². The molecule has 0 aliphatic heterocycles. The number of anilines is 1. The van der Waals surface area contributed by atoms with Gasteiger partial charge in [-0.1, -0.05) is 6.42 Å². The van der Waals surface area contributed by atoms with Crippen molar-refractivity contribution in [3.8, 4) is 0 Å². The molecule has 1 aliphatic rings. The maximum atomic E-state index is 4.52. The van der Waals surface area contributed by atoms with Gasteiger partial charge in [-0.3, -0.25) is 0 Å². The molecule has 6 heteroatoms. The smallest absolute Gasteiger partial charge is 0.138 e. The zero-order valence-electron chi connectivity index (χ0n) is 13.3. The van der Waals surface area contributed by atoms with Gasteiger partial charge in [-0.25, -0.2) is 15.0 Å². The van der Waals surface area contributed by atoms with Crippen molar-refractivity contribution in [2.75, 3.05) is 11.9 Å². The van der Waals surface area contributed by atoms with Crippen molar-refractivity contribution in [1.29, 1.82) is 0 Å². The standard InChI is InChI=1S/C17H20N4S2/c1-11-21-12(9-22-11)7-8-18-16-15-13-5-3-2-4-6-14(13)23-17(15)20-10-19-16/h9-10H,2-8H2,1H3,(H,18,19,20). The number of thiophene rings is 1. The monoisotopic (exact) mass is 344 g/mol. The van der Waals surface area contributed by atoms with E-state index in [2.05, 4.69) is 32.6 Å². The van der Waals surface area contributed by atoms with E-state index in [0.717, 1.165) is 34.3 Å². The molecule has 120 valence electrons. The normalized spacial score (nSPS) is 14.7. The van der Waals surface area contributed by atoms with Crippen LogP contribution in [-0.2, 0) is 19.3 Å². The van der Waals surface area contributed by atoms with Gasteiger partial charge in [0.1, 0.15) is 17.0 Å². The first kappa shape index (κ1) is 15.0. The van der Waals surface area contributed by atoms with Crippen molar-refractivity contribution in [3.05, 3.63) is 32.8 Å². The number of aryl methyl sites for hydroxylation is 3. The maximum absolute atomic E-state index is 4.52. The fourth-order valence-corrected chi connectivity index (χ4v) is 5.11. The van der Waals surface area contributed by atoms with Crippen LogP contribution in [0.3, 0.4) is 0 Å². The molecule has 4 nitrogen and oxygen atoms in total. The van der Waals surface area contributed by atoms with Gasteiger partial charge in [0.05, 0.1) is 16.1 Å². The molecule has 4 rings (SSSR count). The van der Waals surface area contributed by atoms with Crippen molar-refractivity contribution in [1.82, 2.24) is 15.0 Å². The molecule has 0 spiro atoms. The van der Waals surface area contributed by atoms with E-state index in [0.29, 0.717) is 0 Å². The van der Waals surface area contributed by atoms with Gasteiger partial charge >= 0.3 is 0 Å². The summed E-state index contributed by atoms with van der Waals surface area (Å²) in [7, 11) is 0. The van der Waals surface area contributed by atoms with Gasteiger partial charge in [-0.15, -0.1) is 22.7 Å².